The molecular weight excluding hydrogens is 332 g/mol. The Kier molecular flexibility index (Phi) is 5.78. The predicted octanol–water partition coefficient (Wildman–Crippen LogP) is 3.26. The van der Waals surface area contributed by atoms with Gasteiger partial charge in [-0.25, -0.2) is 14.8 Å². The van der Waals surface area contributed by atoms with Crippen LogP contribution in [0.1, 0.15) is 52.8 Å². The zero-order valence-electron chi connectivity index (χ0n) is 14.7. The fourth-order valence-corrected chi connectivity index (χ4v) is 3.02. The van der Waals surface area contributed by atoms with Gasteiger partial charge in [0.15, 0.2) is 0 Å². The molecule has 0 radical (unpaired) electrons. The summed E-state index contributed by atoms with van der Waals surface area (Å²) in [5.74, 6) is -0.363. The number of carbonyl (C=O) groups excluding carboxylic acids is 2. The van der Waals surface area contributed by atoms with Crippen molar-refractivity contribution >= 4 is 23.5 Å². The molecule has 0 saturated heterocycles. The fraction of sp³-hybridized carbons (Fsp3) is 0.368. The first-order valence-electron chi connectivity index (χ1n) is 8.74. The van der Waals surface area contributed by atoms with E-state index in [1.807, 2.05) is 0 Å². The summed E-state index contributed by atoms with van der Waals surface area (Å²) in [5.41, 5.74) is 0.993. The number of nitrogens with one attached hydrogen (secondary N) is 2. The monoisotopic (exact) mass is 354 g/mol. The highest BCUT2D eigenvalue weighted by atomic mass is 16.5. The molecular formula is C19H22N4O3. The molecule has 2 N–H and O–H groups in total. The van der Waals surface area contributed by atoms with Crippen molar-refractivity contribution in [1.29, 1.82) is 0 Å². The lowest BCUT2D eigenvalue weighted by Crippen LogP contribution is -2.23. The zero-order valence-corrected chi connectivity index (χ0v) is 14.7. The second-order valence-electron chi connectivity index (χ2n) is 6.27. The molecule has 1 amide bonds. The van der Waals surface area contributed by atoms with Gasteiger partial charge < -0.3 is 15.4 Å². The Labute approximate surface area is 152 Å². The van der Waals surface area contributed by atoms with E-state index in [1.165, 1.54) is 38.8 Å². The number of carbonyl (C=O) groups is 2. The van der Waals surface area contributed by atoms with Crippen LogP contribution < -0.4 is 10.6 Å². The summed E-state index contributed by atoms with van der Waals surface area (Å²) in [4.78, 5) is 32.7. The van der Waals surface area contributed by atoms with E-state index in [-0.39, 0.29) is 5.91 Å². The first kappa shape index (κ1) is 17.8. The van der Waals surface area contributed by atoms with E-state index in [4.69, 9.17) is 4.74 Å². The van der Waals surface area contributed by atoms with Crippen molar-refractivity contribution in [3.63, 3.8) is 0 Å². The standard InChI is InChI=1S/C19H22N4O3/c1-26-18(25)15-9-5-6-10-16(15)23-17(24)13-11-20-19(21-12-13)22-14-7-3-2-4-8-14/h5-6,9-12,14H,2-4,7-8H2,1H3,(H,23,24)(H,20,21,22). The van der Waals surface area contributed by atoms with Gasteiger partial charge in [0.2, 0.25) is 5.95 Å². The largest absolute Gasteiger partial charge is 0.465 e. The Bertz CT molecular complexity index is 771. The highest BCUT2D eigenvalue weighted by molar-refractivity contribution is 6.07. The van der Waals surface area contributed by atoms with Crippen molar-refractivity contribution in [3.05, 3.63) is 47.8 Å². The van der Waals surface area contributed by atoms with E-state index in [0.29, 0.717) is 28.8 Å². The normalized spacial score (nSPS) is 14.5. The lowest BCUT2D eigenvalue weighted by atomic mass is 9.96. The first-order chi connectivity index (χ1) is 12.7. The number of hydrogen-bond donors (Lipinski definition) is 2. The van der Waals surface area contributed by atoms with E-state index in [0.717, 1.165) is 12.8 Å². The van der Waals surface area contributed by atoms with Gasteiger partial charge >= 0.3 is 5.97 Å². The van der Waals surface area contributed by atoms with E-state index in [2.05, 4.69) is 20.6 Å². The molecule has 136 valence electrons. The number of methoxy groups -OCH3 is 1. The molecule has 7 nitrogen and oxygen atoms in total. The number of hydrogen-bond acceptors (Lipinski definition) is 6. The highest BCUT2D eigenvalue weighted by Gasteiger charge is 2.16. The third-order valence-corrected chi connectivity index (χ3v) is 4.43. The fourth-order valence-electron chi connectivity index (χ4n) is 3.02. The second-order valence-corrected chi connectivity index (χ2v) is 6.27. The Morgan fingerprint density at radius 3 is 2.46 bits per heavy atom. The molecule has 0 bridgehead atoms. The molecule has 2 aromatic rings. The quantitative estimate of drug-likeness (QED) is 0.801. The topological polar surface area (TPSA) is 93.2 Å². The molecule has 1 aromatic carbocycles. The summed E-state index contributed by atoms with van der Waals surface area (Å²) in [6.07, 6.45) is 8.93. The smallest absolute Gasteiger partial charge is 0.339 e. The van der Waals surface area contributed by atoms with Crippen LogP contribution >= 0.6 is 0 Å². The summed E-state index contributed by atoms with van der Waals surface area (Å²) >= 11 is 0. The number of aromatic nitrogens is 2. The van der Waals surface area contributed by atoms with Crippen molar-refractivity contribution in [2.75, 3.05) is 17.7 Å². The SMILES string of the molecule is COC(=O)c1ccccc1NC(=O)c1cnc(NC2CCCCC2)nc1. The van der Waals surface area contributed by atoms with E-state index < -0.39 is 5.97 Å². The van der Waals surface area contributed by atoms with Crippen LogP contribution in [0.25, 0.3) is 0 Å². The molecule has 1 saturated carbocycles. The second kappa shape index (κ2) is 8.42. The predicted molar refractivity (Wildman–Crippen MR) is 98.3 cm³/mol. The van der Waals surface area contributed by atoms with Crippen LogP contribution in [0.4, 0.5) is 11.6 Å². The summed E-state index contributed by atoms with van der Waals surface area (Å²) in [7, 11) is 1.30. The van der Waals surface area contributed by atoms with Crippen LogP contribution in [0.3, 0.4) is 0 Å². The van der Waals surface area contributed by atoms with Crippen molar-refractivity contribution < 1.29 is 14.3 Å². The minimum absolute atomic E-state index is 0.292. The van der Waals surface area contributed by atoms with Crippen LogP contribution in [0.15, 0.2) is 36.7 Å². The molecule has 1 heterocycles. The number of ether oxygens (including phenoxy) is 1. The maximum Gasteiger partial charge on any atom is 0.339 e. The molecule has 1 aliphatic rings. The molecule has 0 spiro atoms. The Balaban J connectivity index is 1.66. The van der Waals surface area contributed by atoms with Gasteiger partial charge in [0.1, 0.15) is 0 Å². The van der Waals surface area contributed by atoms with Crippen LogP contribution in [-0.4, -0.2) is 35.0 Å². The first-order valence-corrected chi connectivity index (χ1v) is 8.74. The molecule has 0 unspecified atom stereocenters. The molecule has 3 rings (SSSR count). The molecule has 7 heteroatoms. The molecule has 1 aromatic heterocycles. The summed E-state index contributed by atoms with van der Waals surface area (Å²) in [5, 5.41) is 6.02. The Hall–Kier alpha value is -2.96. The van der Waals surface area contributed by atoms with Gasteiger partial charge in [-0.3, -0.25) is 4.79 Å². The number of nitrogens with zero attached hydrogens (tertiary/aromatic N) is 2. The van der Waals surface area contributed by atoms with Crippen LogP contribution in [0.5, 0.6) is 0 Å². The number of para-hydroxylation sites is 1. The summed E-state index contributed by atoms with van der Waals surface area (Å²) in [6.45, 7) is 0. The van der Waals surface area contributed by atoms with Gasteiger partial charge in [0.05, 0.1) is 23.9 Å². The van der Waals surface area contributed by atoms with Crippen LogP contribution in [-0.2, 0) is 4.74 Å². The Morgan fingerprint density at radius 1 is 1.08 bits per heavy atom. The number of amides is 1. The van der Waals surface area contributed by atoms with E-state index in [9.17, 15) is 9.59 Å². The van der Waals surface area contributed by atoms with Crippen molar-refractivity contribution in [2.45, 2.75) is 38.1 Å². The third kappa shape index (κ3) is 4.36. The number of esters is 1. The van der Waals surface area contributed by atoms with Gasteiger partial charge in [0.25, 0.3) is 5.91 Å². The molecule has 1 aliphatic carbocycles. The average Bonchev–Trinajstić information content (AvgIpc) is 2.69. The van der Waals surface area contributed by atoms with Gasteiger partial charge in [-0.2, -0.15) is 0 Å². The minimum atomic E-state index is -0.510. The molecule has 0 atom stereocenters. The van der Waals surface area contributed by atoms with E-state index in [1.54, 1.807) is 24.3 Å². The maximum atomic E-state index is 12.4. The van der Waals surface area contributed by atoms with Gasteiger partial charge in [-0.05, 0) is 25.0 Å². The number of anilines is 2. The molecule has 26 heavy (non-hydrogen) atoms. The van der Waals surface area contributed by atoms with E-state index >= 15 is 0 Å². The van der Waals surface area contributed by atoms with Crippen molar-refractivity contribution in [1.82, 2.24) is 9.97 Å². The summed E-state index contributed by atoms with van der Waals surface area (Å²) in [6, 6.07) is 7.07. The third-order valence-electron chi connectivity index (χ3n) is 4.43. The number of rotatable bonds is 5. The molecule has 0 aliphatic heterocycles. The average molecular weight is 354 g/mol. The van der Waals surface area contributed by atoms with Crippen LogP contribution in [0, 0.1) is 0 Å². The van der Waals surface area contributed by atoms with Gasteiger partial charge in [0, 0.05) is 18.4 Å². The van der Waals surface area contributed by atoms with Crippen molar-refractivity contribution in [3.8, 4) is 0 Å². The maximum absolute atomic E-state index is 12.4. The van der Waals surface area contributed by atoms with Gasteiger partial charge in [-0.1, -0.05) is 31.4 Å². The lowest BCUT2D eigenvalue weighted by Gasteiger charge is -2.22. The number of benzene rings is 1. The van der Waals surface area contributed by atoms with Crippen LogP contribution in [0.2, 0.25) is 0 Å². The minimum Gasteiger partial charge on any atom is -0.465 e. The van der Waals surface area contributed by atoms with Crippen molar-refractivity contribution in [2.24, 2.45) is 0 Å². The van der Waals surface area contributed by atoms with Gasteiger partial charge in [-0.15, -0.1) is 0 Å². The summed E-state index contributed by atoms with van der Waals surface area (Å²) < 4.78 is 4.73. The molecule has 1 fully saturated rings. The Morgan fingerprint density at radius 2 is 1.77 bits per heavy atom. The zero-order chi connectivity index (χ0) is 18.4. The highest BCUT2D eigenvalue weighted by Crippen LogP contribution is 2.20. The lowest BCUT2D eigenvalue weighted by molar-refractivity contribution is 0.0602.